The first-order valence-electron chi connectivity index (χ1n) is 8.78. The fourth-order valence-corrected chi connectivity index (χ4v) is 3.40. The van der Waals surface area contributed by atoms with Crippen LogP contribution in [0.4, 0.5) is 15.4 Å². The molecule has 2 amide bonds. The number of halogens is 1. The van der Waals surface area contributed by atoms with Gasteiger partial charge in [-0.15, -0.1) is 5.10 Å². The number of aryl methyl sites for hydroxylation is 1. The molecule has 1 atom stereocenters. The van der Waals surface area contributed by atoms with Crippen molar-refractivity contribution in [1.82, 2.24) is 24.9 Å². The number of hydrogen-bond donors (Lipinski definition) is 0. The van der Waals surface area contributed by atoms with Crippen LogP contribution in [0, 0.1) is 0 Å². The van der Waals surface area contributed by atoms with Gasteiger partial charge in [0.1, 0.15) is 5.60 Å². The molecule has 0 bridgehead atoms. The van der Waals surface area contributed by atoms with Crippen LogP contribution in [0.25, 0.3) is 11.0 Å². The highest BCUT2D eigenvalue weighted by atomic mass is 35.5. The third kappa shape index (κ3) is 4.13. The number of hydrogen-bond acceptors (Lipinski definition) is 6. The van der Waals surface area contributed by atoms with E-state index in [4.69, 9.17) is 16.3 Å². The number of piperidine rings is 1. The highest BCUT2D eigenvalue weighted by Gasteiger charge is 2.34. The Labute approximate surface area is 162 Å². The third-order valence-electron chi connectivity index (χ3n) is 4.34. The molecular formula is C17H23ClN6O3. The fourth-order valence-electron chi connectivity index (χ4n) is 3.18. The van der Waals surface area contributed by atoms with Crippen molar-refractivity contribution in [2.24, 2.45) is 7.05 Å². The molecule has 1 fully saturated rings. The van der Waals surface area contributed by atoms with E-state index in [0.717, 1.165) is 11.9 Å². The second-order valence-corrected chi connectivity index (χ2v) is 7.88. The van der Waals surface area contributed by atoms with Gasteiger partial charge in [-0.2, -0.15) is 0 Å². The molecule has 1 saturated heterocycles. The molecule has 0 aromatic carbocycles. The first-order chi connectivity index (χ1) is 12.7. The molecule has 3 heterocycles. The van der Waals surface area contributed by atoms with Crippen LogP contribution in [-0.2, 0) is 11.8 Å². The molecule has 10 heteroatoms. The average molecular weight is 395 g/mol. The van der Waals surface area contributed by atoms with Crippen molar-refractivity contribution < 1.29 is 14.3 Å². The molecule has 0 unspecified atom stereocenters. The number of likely N-dealkylation sites (tertiary alicyclic amines) is 1. The first-order valence-corrected chi connectivity index (χ1v) is 9.16. The van der Waals surface area contributed by atoms with Crippen LogP contribution >= 0.6 is 11.6 Å². The van der Waals surface area contributed by atoms with Gasteiger partial charge >= 0.3 is 11.5 Å². The van der Waals surface area contributed by atoms with Crippen LogP contribution in [0.3, 0.4) is 0 Å². The molecule has 1 aliphatic heterocycles. The summed E-state index contributed by atoms with van der Waals surface area (Å²) in [4.78, 5) is 32.0. The lowest BCUT2D eigenvalue weighted by atomic mass is 10.0. The highest BCUT2D eigenvalue weighted by molar-refractivity contribution is 6.66. The van der Waals surface area contributed by atoms with E-state index in [2.05, 4.69) is 15.3 Å². The van der Waals surface area contributed by atoms with Gasteiger partial charge in [0.15, 0.2) is 11.3 Å². The van der Waals surface area contributed by atoms with Crippen LogP contribution < -0.4 is 4.90 Å². The molecule has 9 nitrogen and oxygen atoms in total. The number of fused-ring (bicyclic) bond motifs is 1. The minimum absolute atomic E-state index is 0.311. The first kappa shape index (κ1) is 19.3. The lowest BCUT2D eigenvalue weighted by Gasteiger charge is -2.38. The van der Waals surface area contributed by atoms with Gasteiger partial charge in [0.2, 0.25) is 0 Å². The van der Waals surface area contributed by atoms with E-state index in [1.165, 1.54) is 4.90 Å². The number of pyridine rings is 1. The van der Waals surface area contributed by atoms with Crippen LogP contribution in [0.1, 0.15) is 33.6 Å². The second-order valence-electron chi connectivity index (χ2n) is 7.56. The standard InChI is InChI=1S/C17H23ClN6O3/c1-17(2,3)27-16(26)23-9-5-6-11(10-23)24(15(18)25)14-13-12(7-8-19-14)22(4)21-20-13/h7-8,11H,5-6,9-10H2,1-4H3/t11-/m1/s1. The molecule has 2 aromatic rings. The predicted molar refractivity (Wildman–Crippen MR) is 101 cm³/mol. The van der Waals surface area contributed by atoms with Crippen LogP contribution in [0.15, 0.2) is 12.3 Å². The van der Waals surface area contributed by atoms with Gasteiger partial charge in [-0.05, 0) is 51.3 Å². The number of carbonyl (C=O) groups is 2. The number of anilines is 1. The summed E-state index contributed by atoms with van der Waals surface area (Å²) in [5.41, 5.74) is 0.643. The van der Waals surface area contributed by atoms with Crippen LogP contribution in [-0.4, -0.2) is 61.1 Å². The van der Waals surface area contributed by atoms with Gasteiger partial charge in [0.05, 0.1) is 11.6 Å². The zero-order chi connectivity index (χ0) is 19.8. The van der Waals surface area contributed by atoms with E-state index in [1.807, 2.05) is 20.8 Å². The van der Waals surface area contributed by atoms with Gasteiger partial charge in [-0.1, -0.05) is 5.21 Å². The van der Waals surface area contributed by atoms with Crippen LogP contribution in [0.5, 0.6) is 0 Å². The summed E-state index contributed by atoms with van der Waals surface area (Å²) in [6.07, 6.45) is 2.60. The second kappa shape index (κ2) is 7.30. The largest absolute Gasteiger partial charge is 0.444 e. The van der Waals surface area contributed by atoms with Gasteiger partial charge in [0.25, 0.3) is 0 Å². The molecular weight excluding hydrogens is 372 g/mol. The number of aromatic nitrogens is 4. The Kier molecular flexibility index (Phi) is 5.23. The average Bonchev–Trinajstić information content (AvgIpc) is 2.96. The van der Waals surface area contributed by atoms with E-state index in [1.54, 1.807) is 28.9 Å². The summed E-state index contributed by atoms with van der Waals surface area (Å²) in [5.74, 6) is 0.344. The normalized spacial score (nSPS) is 17.8. The Balaban J connectivity index is 1.89. The number of nitrogens with zero attached hydrogens (tertiary/aromatic N) is 6. The summed E-state index contributed by atoms with van der Waals surface area (Å²) in [6, 6.07) is 1.44. The minimum Gasteiger partial charge on any atom is -0.444 e. The molecule has 0 aliphatic carbocycles. The molecule has 2 aromatic heterocycles. The number of amides is 2. The number of ether oxygens (including phenoxy) is 1. The molecule has 1 aliphatic rings. The Morgan fingerprint density at radius 3 is 2.78 bits per heavy atom. The Bertz CT molecular complexity index is 862. The molecule has 146 valence electrons. The van der Waals surface area contributed by atoms with Crippen molar-refractivity contribution in [3.63, 3.8) is 0 Å². The maximum absolute atomic E-state index is 12.4. The van der Waals surface area contributed by atoms with Crippen molar-refractivity contribution >= 4 is 39.9 Å². The zero-order valence-electron chi connectivity index (χ0n) is 15.8. The molecule has 0 spiro atoms. The Hall–Kier alpha value is -2.42. The zero-order valence-corrected chi connectivity index (χ0v) is 16.6. The lowest BCUT2D eigenvalue weighted by Crippen LogP contribution is -2.52. The van der Waals surface area contributed by atoms with Crippen molar-refractivity contribution in [2.75, 3.05) is 18.0 Å². The Morgan fingerprint density at radius 1 is 1.37 bits per heavy atom. The van der Waals surface area contributed by atoms with E-state index in [-0.39, 0.29) is 6.04 Å². The van der Waals surface area contributed by atoms with Crippen molar-refractivity contribution in [3.05, 3.63) is 12.3 Å². The maximum Gasteiger partial charge on any atom is 0.410 e. The highest BCUT2D eigenvalue weighted by Crippen LogP contribution is 2.28. The topological polar surface area (TPSA) is 93.5 Å². The SMILES string of the molecule is Cn1nnc2c(N(C(=O)Cl)[C@@H]3CCCN(C(=O)OC(C)(C)C)C3)nccc21. The quantitative estimate of drug-likeness (QED) is 0.574. The summed E-state index contributed by atoms with van der Waals surface area (Å²) < 4.78 is 7.06. The van der Waals surface area contributed by atoms with E-state index >= 15 is 0 Å². The lowest BCUT2D eigenvalue weighted by molar-refractivity contribution is 0.0200. The minimum atomic E-state index is -0.670. The molecule has 0 N–H and O–H groups in total. The molecule has 3 rings (SSSR count). The monoisotopic (exact) mass is 394 g/mol. The summed E-state index contributed by atoms with van der Waals surface area (Å²) in [6.45, 7) is 6.34. The summed E-state index contributed by atoms with van der Waals surface area (Å²) in [7, 11) is 1.76. The van der Waals surface area contributed by atoms with Crippen molar-refractivity contribution in [1.29, 1.82) is 0 Å². The van der Waals surface area contributed by atoms with E-state index < -0.39 is 17.1 Å². The van der Waals surface area contributed by atoms with Gasteiger partial charge in [0, 0.05) is 26.3 Å². The third-order valence-corrected chi connectivity index (χ3v) is 4.52. The summed E-state index contributed by atoms with van der Waals surface area (Å²) >= 11 is 5.91. The van der Waals surface area contributed by atoms with Gasteiger partial charge < -0.3 is 9.64 Å². The van der Waals surface area contributed by atoms with Crippen molar-refractivity contribution in [3.8, 4) is 0 Å². The Morgan fingerprint density at radius 2 is 2.11 bits per heavy atom. The predicted octanol–water partition coefficient (Wildman–Crippen LogP) is 2.93. The van der Waals surface area contributed by atoms with Gasteiger partial charge in [-0.25, -0.2) is 14.5 Å². The number of carbonyl (C=O) groups excluding carboxylic acids is 2. The fraction of sp³-hybridized carbons (Fsp3) is 0.588. The smallest absolute Gasteiger partial charge is 0.410 e. The van der Waals surface area contributed by atoms with Crippen LogP contribution in [0.2, 0.25) is 0 Å². The summed E-state index contributed by atoms with van der Waals surface area (Å²) in [5, 5.41) is 7.43. The van der Waals surface area contributed by atoms with Crippen molar-refractivity contribution in [2.45, 2.75) is 45.3 Å². The molecule has 0 radical (unpaired) electrons. The van der Waals surface area contributed by atoms with Gasteiger partial charge in [-0.3, -0.25) is 9.69 Å². The molecule has 0 saturated carbocycles. The van der Waals surface area contributed by atoms with E-state index in [9.17, 15) is 9.59 Å². The number of rotatable bonds is 2. The maximum atomic E-state index is 12.4. The molecule has 27 heavy (non-hydrogen) atoms. The van der Waals surface area contributed by atoms with E-state index in [0.29, 0.717) is 30.8 Å².